The fourth-order valence-electron chi connectivity index (χ4n) is 1.76. The van der Waals surface area contributed by atoms with Crippen molar-refractivity contribution in [1.29, 1.82) is 0 Å². The van der Waals surface area contributed by atoms with Crippen LogP contribution in [0.1, 0.15) is 43.0 Å². The first-order valence-electron chi connectivity index (χ1n) is 6.80. The maximum atomic E-state index is 12.6. The van der Waals surface area contributed by atoms with E-state index in [0.29, 0.717) is 11.3 Å². The topological polar surface area (TPSA) is 66.2 Å². The average molecular weight is 384 g/mol. The largest absolute Gasteiger partial charge is 0.461 e. The van der Waals surface area contributed by atoms with Crippen LogP contribution >= 0.6 is 22.9 Å². The standard InChI is InChI=1S/C13H13ClF3N3O3S/c1-4-22-11(21)8-9(10(14)19-20(8)6(2)3)23-12-18-7(5-24-12)13(15,16)17/h5-6H,4H2,1-3H3. The number of hydrogen-bond donors (Lipinski definition) is 0. The van der Waals surface area contributed by atoms with Gasteiger partial charge in [0.2, 0.25) is 5.75 Å². The van der Waals surface area contributed by atoms with Gasteiger partial charge in [-0.15, -0.1) is 0 Å². The lowest BCUT2D eigenvalue weighted by Crippen LogP contribution is -2.15. The van der Waals surface area contributed by atoms with Gasteiger partial charge in [-0.1, -0.05) is 22.9 Å². The Balaban J connectivity index is 2.42. The van der Waals surface area contributed by atoms with Crippen LogP contribution in [0.3, 0.4) is 0 Å². The van der Waals surface area contributed by atoms with E-state index < -0.39 is 17.8 Å². The molecule has 11 heteroatoms. The normalized spacial score (nSPS) is 11.8. The molecule has 0 spiro atoms. The summed E-state index contributed by atoms with van der Waals surface area (Å²) in [6.45, 7) is 5.23. The molecule has 0 aliphatic heterocycles. The molecule has 0 saturated carbocycles. The Morgan fingerprint density at radius 2 is 2.12 bits per heavy atom. The number of ether oxygens (including phenoxy) is 2. The molecule has 0 N–H and O–H groups in total. The van der Waals surface area contributed by atoms with Gasteiger partial charge in [-0.2, -0.15) is 23.3 Å². The maximum absolute atomic E-state index is 12.6. The van der Waals surface area contributed by atoms with E-state index in [-0.39, 0.29) is 34.4 Å². The van der Waals surface area contributed by atoms with Crippen molar-refractivity contribution in [2.24, 2.45) is 0 Å². The number of aromatic nitrogens is 3. The third-order valence-corrected chi connectivity index (χ3v) is 3.71. The number of halogens is 4. The highest BCUT2D eigenvalue weighted by Gasteiger charge is 2.35. The van der Waals surface area contributed by atoms with Gasteiger partial charge in [0.15, 0.2) is 16.5 Å². The molecule has 0 aromatic carbocycles. The lowest BCUT2D eigenvalue weighted by molar-refractivity contribution is -0.140. The molecule has 0 bridgehead atoms. The minimum atomic E-state index is -4.59. The third-order valence-electron chi connectivity index (χ3n) is 2.75. The van der Waals surface area contributed by atoms with Gasteiger partial charge in [-0.3, -0.25) is 4.68 Å². The summed E-state index contributed by atoms with van der Waals surface area (Å²) < 4.78 is 49.4. The zero-order valence-electron chi connectivity index (χ0n) is 12.8. The number of carbonyl (C=O) groups is 1. The predicted molar refractivity (Wildman–Crippen MR) is 80.8 cm³/mol. The Morgan fingerprint density at radius 1 is 1.46 bits per heavy atom. The van der Waals surface area contributed by atoms with E-state index >= 15 is 0 Å². The number of thiazole rings is 1. The first-order chi connectivity index (χ1) is 11.1. The monoisotopic (exact) mass is 383 g/mol. The molecule has 2 heterocycles. The highest BCUT2D eigenvalue weighted by atomic mass is 35.5. The summed E-state index contributed by atoms with van der Waals surface area (Å²) in [6, 6.07) is -0.249. The SMILES string of the molecule is CCOC(=O)c1c(Oc2nc(C(F)(F)F)cs2)c(Cl)nn1C(C)C. The highest BCUT2D eigenvalue weighted by molar-refractivity contribution is 7.11. The summed E-state index contributed by atoms with van der Waals surface area (Å²) in [5.41, 5.74) is -1.17. The Labute approximate surface area is 144 Å². The van der Waals surface area contributed by atoms with Gasteiger partial charge in [-0.25, -0.2) is 4.79 Å². The van der Waals surface area contributed by atoms with E-state index in [1.54, 1.807) is 20.8 Å². The molecule has 0 saturated heterocycles. The first kappa shape index (κ1) is 18.5. The molecule has 132 valence electrons. The molecule has 0 fully saturated rings. The van der Waals surface area contributed by atoms with Crippen molar-refractivity contribution in [3.05, 3.63) is 21.9 Å². The summed E-state index contributed by atoms with van der Waals surface area (Å²) in [6.07, 6.45) is -4.59. The molecular weight excluding hydrogens is 371 g/mol. The fourth-order valence-corrected chi connectivity index (χ4v) is 2.65. The van der Waals surface area contributed by atoms with Crippen molar-refractivity contribution >= 4 is 28.9 Å². The maximum Gasteiger partial charge on any atom is 0.434 e. The van der Waals surface area contributed by atoms with Gasteiger partial charge in [0.25, 0.3) is 5.19 Å². The van der Waals surface area contributed by atoms with Crippen LogP contribution in [0.15, 0.2) is 5.38 Å². The van der Waals surface area contributed by atoms with Crippen LogP contribution in [0.5, 0.6) is 10.9 Å². The predicted octanol–water partition coefficient (Wildman–Crippen LogP) is 4.56. The highest BCUT2D eigenvalue weighted by Crippen LogP contribution is 2.38. The van der Waals surface area contributed by atoms with E-state index in [9.17, 15) is 18.0 Å². The van der Waals surface area contributed by atoms with E-state index in [1.807, 2.05) is 0 Å². The molecule has 2 aromatic rings. The second-order valence-corrected chi connectivity index (χ2v) is 6.00. The molecule has 0 aliphatic rings. The molecule has 2 rings (SSSR count). The second kappa shape index (κ2) is 6.98. The smallest absolute Gasteiger partial charge is 0.434 e. The van der Waals surface area contributed by atoms with Crippen LogP contribution in [-0.2, 0) is 10.9 Å². The molecule has 24 heavy (non-hydrogen) atoms. The molecule has 2 aromatic heterocycles. The van der Waals surface area contributed by atoms with Crippen LogP contribution in [0.25, 0.3) is 0 Å². The van der Waals surface area contributed by atoms with Gasteiger partial charge in [0.1, 0.15) is 0 Å². The first-order valence-corrected chi connectivity index (χ1v) is 8.06. The molecule has 0 radical (unpaired) electrons. The van der Waals surface area contributed by atoms with E-state index in [4.69, 9.17) is 21.1 Å². The van der Waals surface area contributed by atoms with Crippen molar-refractivity contribution in [1.82, 2.24) is 14.8 Å². The van der Waals surface area contributed by atoms with Gasteiger partial charge in [0, 0.05) is 11.4 Å². The molecule has 0 aliphatic carbocycles. The van der Waals surface area contributed by atoms with Crippen LogP contribution < -0.4 is 4.74 Å². The Morgan fingerprint density at radius 3 is 2.62 bits per heavy atom. The van der Waals surface area contributed by atoms with Crippen molar-refractivity contribution in [2.75, 3.05) is 6.61 Å². The summed E-state index contributed by atoms with van der Waals surface area (Å²) in [7, 11) is 0. The van der Waals surface area contributed by atoms with Crippen molar-refractivity contribution in [3.8, 4) is 10.9 Å². The van der Waals surface area contributed by atoms with Crippen molar-refractivity contribution in [2.45, 2.75) is 33.0 Å². The van der Waals surface area contributed by atoms with Gasteiger partial charge >= 0.3 is 12.1 Å². The number of esters is 1. The van der Waals surface area contributed by atoms with Crippen molar-refractivity contribution in [3.63, 3.8) is 0 Å². The molecule has 0 unspecified atom stereocenters. The van der Waals surface area contributed by atoms with Crippen LogP contribution in [0.4, 0.5) is 13.2 Å². The number of alkyl halides is 3. The third kappa shape index (κ3) is 3.81. The van der Waals surface area contributed by atoms with E-state index in [2.05, 4.69) is 10.1 Å². The average Bonchev–Trinajstić information content (AvgIpc) is 3.05. The summed E-state index contributed by atoms with van der Waals surface area (Å²) in [5.74, 6) is -0.930. The summed E-state index contributed by atoms with van der Waals surface area (Å²) in [5, 5.41) is 4.30. The summed E-state index contributed by atoms with van der Waals surface area (Å²) >= 11 is 6.61. The lowest BCUT2D eigenvalue weighted by Gasteiger charge is -2.10. The van der Waals surface area contributed by atoms with Crippen LogP contribution in [-0.4, -0.2) is 27.3 Å². The van der Waals surface area contributed by atoms with Crippen LogP contribution in [0, 0.1) is 0 Å². The minimum Gasteiger partial charge on any atom is -0.461 e. The van der Waals surface area contributed by atoms with E-state index in [1.165, 1.54) is 4.68 Å². The number of rotatable bonds is 5. The minimum absolute atomic E-state index is 0.0828. The lowest BCUT2D eigenvalue weighted by atomic mass is 10.3. The van der Waals surface area contributed by atoms with Crippen molar-refractivity contribution < 1.29 is 27.4 Å². The van der Waals surface area contributed by atoms with Gasteiger partial charge < -0.3 is 9.47 Å². The number of hydrogen-bond acceptors (Lipinski definition) is 6. The van der Waals surface area contributed by atoms with Gasteiger partial charge in [0.05, 0.1) is 6.61 Å². The van der Waals surface area contributed by atoms with E-state index in [0.717, 1.165) is 5.38 Å². The number of carbonyl (C=O) groups excluding carboxylic acids is 1. The molecule has 6 nitrogen and oxygen atoms in total. The summed E-state index contributed by atoms with van der Waals surface area (Å²) in [4.78, 5) is 15.5. The fraction of sp³-hybridized carbons (Fsp3) is 0.462. The quantitative estimate of drug-likeness (QED) is 0.708. The Hall–Kier alpha value is -1.81. The Bertz CT molecular complexity index is 743. The Kier molecular flexibility index (Phi) is 5.38. The molecule has 0 atom stereocenters. The zero-order chi connectivity index (χ0) is 18.1. The molecule has 0 amide bonds. The van der Waals surface area contributed by atoms with Crippen LogP contribution in [0.2, 0.25) is 5.15 Å². The van der Waals surface area contributed by atoms with Gasteiger partial charge in [-0.05, 0) is 20.8 Å². The number of nitrogens with zero attached hydrogens (tertiary/aromatic N) is 3. The zero-order valence-corrected chi connectivity index (χ0v) is 14.4. The second-order valence-electron chi connectivity index (χ2n) is 4.83. The molecular formula is C13H13ClF3N3O3S.